The number of carbonyl (C=O) groups is 1. The molecule has 0 unspecified atom stereocenters. The number of pyridine rings is 1. The van der Waals surface area contributed by atoms with Crippen LogP contribution in [0.5, 0.6) is 0 Å². The number of rotatable bonds is 4. The number of hydrogen-bond donors (Lipinski definition) is 1. The van der Waals surface area contributed by atoms with Crippen LogP contribution in [0.2, 0.25) is 0 Å². The van der Waals surface area contributed by atoms with Crippen molar-refractivity contribution in [1.82, 2.24) is 19.4 Å². The first-order valence-corrected chi connectivity index (χ1v) is 8.09. The second-order valence-corrected chi connectivity index (χ2v) is 6.36. The summed E-state index contributed by atoms with van der Waals surface area (Å²) in [7, 11) is 0. The van der Waals surface area contributed by atoms with Crippen LogP contribution in [0, 0.1) is 0 Å². The first kappa shape index (κ1) is 13.5. The summed E-state index contributed by atoms with van der Waals surface area (Å²) >= 11 is 0. The van der Waals surface area contributed by atoms with Gasteiger partial charge in [-0.1, -0.05) is 12.8 Å². The highest BCUT2D eigenvalue weighted by molar-refractivity contribution is 5.79. The van der Waals surface area contributed by atoms with E-state index in [-0.39, 0.29) is 24.2 Å². The van der Waals surface area contributed by atoms with E-state index in [9.17, 15) is 9.59 Å². The van der Waals surface area contributed by atoms with Gasteiger partial charge in [-0.15, -0.1) is 0 Å². The zero-order valence-electron chi connectivity index (χ0n) is 12.5. The minimum absolute atomic E-state index is 0.0806. The maximum Gasteiger partial charge on any atom is 0.331 e. The Morgan fingerprint density at radius 1 is 1.27 bits per heavy atom. The lowest BCUT2D eigenvalue weighted by Gasteiger charge is -2.10. The molecular weight excluding hydrogens is 280 g/mol. The van der Waals surface area contributed by atoms with E-state index in [1.807, 2.05) is 12.1 Å². The number of nitrogens with zero attached hydrogens (tertiary/aromatic N) is 3. The molecule has 0 aromatic carbocycles. The van der Waals surface area contributed by atoms with Gasteiger partial charge in [0.25, 0.3) is 0 Å². The van der Waals surface area contributed by atoms with E-state index in [4.69, 9.17) is 0 Å². The van der Waals surface area contributed by atoms with E-state index >= 15 is 0 Å². The normalized spacial score (nSPS) is 18.9. The zero-order chi connectivity index (χ0) is 15.1. The van der Waals surface area contributed by atoms with Crippen molar-refractivity contribution in [3.8, 4) is 0 Å². The third-order valence-electron chi connectivity index (χ3n) is 4.66. The summed E-state index contributed by atoms with van der Waals surface area (Å²) in [6, 6.07) is 4.22. The molecule has 4 rings (SSSR count). The summed E-state index contributed by atoms with van der Waals surface area (Å²) in [5.74, 6) is -0.0843. The highest BCUT2D eigenvalue weighted by Gasteiger charge is 2.27. The second kappa shape index (κ2) is 5.26. The van der Waals surface area contributed by atoms with Crippen molar-refractivity contribution in [2.45, 2.75) is 57.2 Å². The first-order chi connectivity index (χ1) is 10.7. The number of amides is 1. The number of carbonyl (C=O) groups excluding carboxylic acids is 1. The van der Waals surface area contributed by atoms with Crippen LogP contribution in [-0.4, -0.2) is 26.1 Å². The Hall–Kier alpha value is -2.11. The number of aromatic nitrogens is 3. The average molecular weight is 300 g/mol. The van der Waals surface area contributed by atoms with Crippen molar-refractivity contribution in [2.75, 3.05) is 0 Å². The lowest BCUT2D eigenvalue weighted by Crippen LogP contribution is -2.34. The Labute approximate surface area is 128 Å². The molecule has 0 atom stereocenters. The maximum absolute atomic E-state index is 12.8. The predicted molar refractivity (Wildman–Crippen MR) is 82.7 cm³/mol. The fourth-order valence-electron chi connectivity index (χ4n) is 3.40. The summed E-state index contributed by atoms with van der Waals surface area (Å²) in [5.41, 5.74) is 1.36. The molecule has 2 fully saturated rings. The van der Waals surface area contributed by atoms with Gasteiger partial charge in [0, 0.05) is 18.3 Å². The van der Waals surface area contributed by atoms with E-state index in [0.717, 1.165) is 44.0 Å². The van der Waals surface area contributed by atoms with Crippen LogP contribution < -0.4 is 11.0 Å². The van der Waals surface area contributed by atoms with Gasteiger partial charge in [0.15, 0.2) is 5.65 Å². The molecule has 0 bridgehead atoms. The third-order valence-corrected chi connectivity index (χ3v) is 4.66. The van der Waals surface area contributed by atoms with E-state index in [1.165, 1.54) is 0 Å². The zero-order valence-corrected chi connectivity index (χ0v) is 12.5. The summed E-state index contributed by atoms with van der Waals surface area (Å²) in [5, 5.41) is 2.94. The summed E-state index contributed by atoms with van der Waals surface area (Å²) in [6.45, 7) is 0.0806. The SMILES string of the molecule is O=C(Cn1c(=O)n(C2CCCC2)c2ncccc21)NC1CC1. The molecule has 6 nitrogen and oxygen atoms in total. The number of imidazole rings is 1. The van der Waals surface area contributed by atoms with Gasteiger partial charge in [0.1, 0.15) is 6.54 Å². The van der Waals surface area contributed by atoms with E-state index in [1.54, 1.807) is 15.3 Å². The van der Waals surface area contributed by atoms with Crippen LogP contribution in [0.3, 0.4) is 0 Å². The lowest BCUT2D eigenvalue weighted by molar-refractivity contribution is -0.121. The van der Waals surface area contributed by atoms with Crippen LogP contribution in [-0.2, 0) is 11.3 Å². The topological polar surface area (TPSA) is 68.9 Å². The molecule has 2 aliphatic rings. The highest BCUT2D eigenvalue weighted by Crippen LogP contribution is 2.30. The second-order valence-electron chi connectivity index (χ2n) is 6.36. The number of fused-ring (bicyclic) bond motifs is 1. The molecule has 22 heavy (non-hydrogen) atoms. The molecule has 2 aliphatic carbocycles. The molecule has 0 spiro atoms. The Kier molecular flexibility index (Phi) is 3.24. The van der Waals surface area contributed by atoms with Gasteiger partial charge >= 0.3 is 5.69 Å². The van der Waals surface area contributed by atoms with Crippen molar-refractivity contribution in [3.05, 3.63) is 28.8 Å². The van der Waals surface area contributed by atoms with Gasteiger partial charge in [-0.05, 0) is 37.8 Å². The van der Waals surface area contributed by atoms with Gasteiger partial charge in [-0.2, -0.15) is 0 Å². The Balaban J connectivity index is 1.74. The predicted octanol–water partition coefficient (Wildman–Crippen LogP) is 1.59. The molecule has 1 N–H and O–H groups in total. The van der Waals surface area contributed by atoms with Gasteiger partial charge < -0.3 is 5.32 Å². The summed E-state index contributed by atoms with van der Waals surface area (Å²) in [4.78, 5) is 29.3. The van der Waals surface area contributed by atoms with Crippen molar-refractivity contribution in [1.29, 1.82) is 0 Å². The average Bonchev–Trinajstić information content (AvgIpc) is 3.07. The van der Waals surface area contributed by atoms with Gasteiger partial charge in [-0.3, -0.25) is 13.9 Å². The molecule has 2 saturated carbocycles. The number of nitrogens with one attached hydrogen (secondary N) is 1. The molecule has 1 amide bonds. The summed E-state index contributed by atoms with van der Waals surface area (Å²) in [6.07, 6.45) is 8.14. The van der Waals surface area contributed by atoms with Crippen LogP contribution in [0.1, 0.15) is 44.6 Å². The van der Waals surface area contributed by atoms with Gasteiger partial charge in [0.05, 0.1) is 5.52 Å². The van der Waals surface area contributed by atoms with Gasteiger partial charge in [-0.25, -0.2) is 9.78 Å². The minimum atomic E-state index is -0.105. The maximum atomic E-state index is 12.8. The highest BCUT2D eigenvalue weighted by atomic mass is 16.2. The van der Waals surface area contributed by atoms with Crippen molar-refractivity contribution >= 4 is 17.1 Å². The van der Waals surface area contributed by atoms with Crippen LogP contribution in [0.25, 0.3) is 11.2 Å². The van der Waals surface area contributed by atoms with Crippen molar-refractivity contribution in [2.24, 2.45) is 0 Å². The molecule has 0 saturated heterocycles. The van der Waals surface area contributed by atoms with E-state index < -0.39 is 0 Å². The first-order valence-electron chi connectivity index (χ1n) is 8.09. The van der Waals surface area contributed by atoms with Crippen molar-refractivity contribution in [3.63, 3.8) is 0 Å². The fraction of sp³-hybridized carbons (Fsp3) is 0.562. The standard InChI is InChI=1S/C16H20N4O2/c21-14(18-11-7-8-11)10-19-13-6-3-9-17-15(13)20(16(19)22)12-4-1-2-5-12/h3,6,9,11-12H,1-2,4-5,7-8,10H2,(H,18,21). The third kappa shape index (κ3) is 2.32. The van der Waals surface area contributed by atoms with Crippen LogP contribution in [0.15, 0.2) is 23.1 Å². The molecule has 6 heteroatoms. The Bertz CT molecular complexity index is 766. The van der Waals surface area contributed by atoms with Gasteiger partial charge in [0.2, 0.25) is 5.91 Å². The summed E-state index contributed by atoms with van der Waals surface area (Å²) < 4.78 is 3.37. The smallest absolute Gasteiger partial charge is 0.331 e. The molecule has 116 valence electrons. The molecule has 0 aliphatic heterocycles. The van der Waals surface area contributed by atoms with Crippen LogP contribution in [0.4, 0.5) is 0 Å². The molecule has 2 aromatic rings. The lowest BCUT2D eigenvalue weighted by atomic mass is 10.2. The molecular formula is C16H20N4O2. The fourth-order valence-corrected chi connectivity index (χ4v) is 3.40. The monoisotopic (exact) mass is 300 g/mol. The Morgan fingerprint density at radius 2 is 2.05 bits per heavy atom. The molecule has 2 heterocycles. The minimum Gasteiger partial charge on any atom is -0.352 e. The number of hydrogen-bond acceptors (Lipinski definition) is 3. The largest absolute Gasteiger partial charge is 0.352 e. The van der Waals surface area contributed by atoms with E-state index in [0.29, 0.717) is 11.7 Å². The molecule has 2 aromatic heterocycles. The Morgan fingerprint density at radius 3 is 2.77 bits per heavy atom. The van der Waals surface area contributed by atoms with E-state index in [2.05, 4.69) is 10.3 Å². The quantitative estimate of drug-likeness (QED) is 0.932. The van der Waals surface area contributed by atoms with Crippen molar-refractivity contribution < 1.29 is 4.79 Å². The molecule has 0 radical (unpaired) electrons. The van der Waals surface area contributed by atoms with Crippen LogP contribution >= 0.6 is 0 Å².